The van der Waals surface area contributed by atoms with Crippen molar-refractivity contribution in [3.05, 3.63) is 30.4 Å². The second-order valence-corrected chi connectivity index (χ2v) is 7.11. The molecular weight excluding hydrogens is 318 g/mol. The van der Waals surface area contributed by atoms with E-state index in [9.17, 15) is 5.11 Å². The van der Waals surface area contributed by atoms with Gasteiger partial charge in [0.05, 0.1) is 12.1 Å². The van der Waals surface area contributed by atoms with Crippen LogP contribution in [0.25, 0.3) is 11.4 Å². The summed E-state index contributed by atoms with van der Waals surface area (Å²) in [5, 5.41) is 18.5. The summed E-state index contributed by atoms with van der Waals surface area (Å²) in [6.45, 7) is 3.25. The van der Waals surface area contributed by atoms with E-state index in [1.54, 1.807) is 12.4 Å². The molecule has 0 amide bonds. The van der Waals surface area contributed by atoms with Crippen LogP contribution in [0.1, 0.15) is 38.0 Å². The Hall–Kier alpha value is -1.83. The van der Waals surface area contributed by atoms with Crippen LogP contribution < -0.4 is 5.32 Å². The fourth-order valence-corrected chi connectivity index (χ4v) is 4.15. The fraction of sp³-hybridized carbons (Fsp3) is 0.611. The standard InChI is InChI=1S/C18H25N5O2/c24-18(7-4-10-23-9-2-1-6-15(18)23)13-20-12-16-21-17(22-25-16)14-5-3-8-19-11-14/h3,5,8,11,15,20,24H,1-2,4,6-7,9-10,12-13H2/t15-,18-/m1/s1. The average molecular weight is 343 g/mol. The van der Waals surface area contributed by atoms with E-state index in [1.807, 2.05) is 12.1 Å². The van der Waals surface area contributed by atoms with Gasteiger partial charge in [-0.2, -0.15) is 4.98 Å². The van der Waals surface area contributed by atoms with Crippen LogP contribution in [0, 0.1) is 0 Å². The van der Waals surface area contributed by atoms with Gasteiger partial charge in [0.15, 0.2) is 0 Å². The lowest BCUT2D eigenvalue weighted by Gasteiger charge is -2.49. The van der Waals surface area contributed by atoms with Crippen LogP contribution in [0.5, 0.6) is 0 Å². The van der Waals surface area contributed by atoms with Crippen LogP contribution in [0.3, 0.4) is 0 Å². The molecule has 2 aromatic rings. The van der Waals surface area contributed by atoms with Crippen LogP contribution in [0.2, 0.25) is 0 Å². The third-order valence-corrected chi connectivity index (χ3v) is 5.38. The lowest BCUT2D eigenvalue weighted by atomic mass is 9.79. The lowest BCUT2D eigenvalue weighted by Crippen LogP contribution is -2.62. The monoisotopic (exact) mass is 343 g/mol. The van der Waals surface area contributed by atoms with Gasteiger partial charge < -0.3 is 14.9 Å². The van der Waals surface area contributed by atoms with Crippen LogP contribution in [-0.4, -0.2) is 56.4 Å². The molecule has 0 unspecified atom stereocenters. The number of aliphatic hydroxyl groups is 1. The van der Waals surface area contributed by atoms with E-state index in [-0.39, 0.29) is 6.04 Å². The smallest absolute Gasteiger partial charge is 0.240 e. The van der Waals surface area contributed by atoms with Crippen LogP contribution in [-0.2, 0) is 6.54 Å². The number of hydrogen-bond acceptors (Lipinski definition) is 7. The summed E-state index contributed by atoms with van der Waals surface area (Å²) in [5.41, 5.74) is 0.173. The zero-order chi connectivity index (χ0) is 17.1. The molecule has 134 valence electrons. The molecular formula is C18H25N5O2. The summed E-state index contributed by atoms with van der Waals surface area (Å²) >= 11 is 0. The second-order valence-electron chi connectivity index (χ2n) is 7.11. The van der Waals surface area contributed by atoms with Crippen molar-refractivity contribution >= 4 is 0 Å². The van der Waals surface area contributed by atoms with Crippen molar-refractivity contribution in [2.24, 2.45) is 0 Å². The first-order valence-electron chi connectivity index (χ1n) is 9.15. The van der Waals surface area contributed by atoms with Crippen LogP contribution >= 0.6 is 0 Å². The van der Waals surface area contributed by atoms with Crippen molar-refractivity contribution in [2.75, 3.05) is 19.6 Å². The highest BCUT2D eigenvalue weighted by Gasteiger charge is 2.43. The van der Waals surface area contributed by atoms with E-state index in [0.29, 0.717) is 24.8 Å². The van der Waals surface area contributed by atoms with Crippen molar-refractivity contribution in [3.8, 4) is 11.4 Å². The summed E-state index contributed by atoms with van der Waals surface area (Å²) < 4.78 is 5.30. The third kappa shape index (κ3) is 3.58. The van der Waals surface area contributed by atoms with Crippen LogP contribution in [0.15, 0.2) is 29.0 Å². The quantitative estimate of drug-likeness (QED) is 0.852. The Balaban J connectivity index is 1.35. The van der Waals surface area contributed by atoms with Crippen molar-refractivity contribution in [1.82, 2.24) is 25.3 Å². The minimum Gasteiger partial charge on any atom is -0.387 e. The molecule has 0 radical (unpaired) electrons. The summed E-state index contributed by atoms with van der Waals surface area (Å²) in [5.74, 6) is 1.07. The van der Waals surface area contributed by atoms with Gasteiger partial charge in [-0.1, -0.05) is 11.6 Å². The molecule has 2 aliphatic heterocycles. The predicted molar refractivity (Wildman–Crippen MR) is 92.6 cm³/mol. The molecule has 0 saturated carbocycles. The summed E-state index contributed by atoms with van der Waals surface area (Å²) in [6.07, 6.45) is 8.88. The van der Waals surface area contributed by atoms with Crippen molar-refractivity contribution < 1.29 is 9.63 Å². The van der Waals surface area contributed by atoms with Gasteiger partial charge in [-0.3, -0.25) is 9.88 Å². The van der Waals surface area contributed by atoms with E-state index >= 15 is 0 Å². The van der Waals surface area contributed by atoms with E-state index in [4.69, 9.17) is 4.52 Å². The Labute approximate surface area is 147 Å². The molecule has 0 spiro atoms. The zero-order valence-corrected chi connectivity index (χ0v) is 14.4. The maximum Gasteiger partial charge on any atom is 0.240 e. The largest absolute Gasteiger partial charge is 0.387 e. The first kappa shape index (κ1) is 16.6. The zero-order valence-electron chi connectivity index (χ0n) is 14.4. The molecule has 4 rings (SSSR count). The minimum absolute atomic E-state index is 0.274. The van der Waals surface area contributed by atoms with E-state index in [0.717, 1.165) is 37.9 Å². The molecule has 2 atom stereocenters. The Kier molecular flexibility index (Phi) is 4.78. The SMILES string of the molecule is O[C@@]1(CNCc2nc(-c3cccnc3)no2)CCCN2CCCC[C@@H]21. The molecule has 2 fully saturated rings. The molecule has 4 heterocycles. The summed E-state index contributed by atoms with van der Waals surface area (Å²) in [4.78, 5) is 10.9. The molecule has 2 aliphatic rings. The molecule has 2 N–H and O–H groups in total. The van der Waals surface area contributed by atoms with E-state index < -0.39 is 5.60 Å². The van der Waals surface area contributed by atoms with Gasteiger partial charge in [-0.05, 0) is 50.9 Å². The van der Waals surface area contributed by atoms with E-state index in [1.165, 1.54) is 12.8 Å². The minimum atomic E-state index is -0.662. The molecule has 2 saturated heterocycles. The van der Waals surface area contributed by atoms with Gasteiger partial charge in [0.1, 0.15) is 0 Å². The first-order chi connectivity index (χ1) is 12.2. The maximum absolute atomic E-state index is 11.1. The number of rotatable bonds is 5. The number of hydrogen-bond donors (Lipinski definition) is 2. The number of pyridine rings is 1. The number of nitrogens with zero attached hydrogens (tertiary/aromatic N) is 4. The topological polar surface area (TPSA) is 87.3 Å². The molecule has 2 aromatic heterocycles. The van der Waals surface area contributed by atoms with Crippen molar-refractivity contribution in [1.29, 1.82) is 0 Å². The predicted octanol–water partition coefficient (Wildman–Crippen LogP) is 1.60. The Morgan fingerprint density at radius 2 is 2.24 bits per heavy atom. The number of fused-ring (bicyclic) bond motifs is 1. The van der Waals surface area contributed by atoms with Crippen molar-refractivity contribution in [3.63, 3.8) is 0 Å². The van der Waals surface area contributed by atoms with Gasteiger partial charge in [0, 0.05) is 30.5 Å². The molecule has 7 nitrogen and oxygen atoms in total. The highest BCUT2D eigenvalue weighted by Crippen LogP contribution is 2.33. The number of piperidine rings is 2. The van der Waals surface area contributed by atoms with E-state index in [2.05, 4.69) is 25.3 Å². The van der Waals surface area contributed by atoms with Gasteiger partial charge in [0.2, 0.25) is 11.7 Å². The fourth-order valence-electron chi connectivity index (χ4n) is 4.15. The highest BCUT2D eigenvalue weighted by atomic mass is 16.5. The molecule has 0 aliphatic carbocycles. The summed E-state index contributed by atoms with van der Waals surface area (Å²) in [6, 6.07) is 4.02. The van der Waals surface area contributed by atoms with Gasteiger partial charge in [-0.25, -0.2) is 0 Å². The van der Waals surface area contributed by atoms with Crippen molar-refractivity contribution in [2.45, 2.75) is 50.3 Å². The molecule has 0 aromatic carbocycles. The van der Waals surface area contributed by atoms with Crippen LogP contribution in [0.4, 0.5) is 0 Å². The highest BCUT2D eigenvalue weighted by molar-refractivity contribution is 5.51. The third-order valence-electron chi connectivity index (χ3n) is 5.38. The first-order valence-corrected chi connectivity index (χ1v) is 9.15. The lowest BCUT2D eigenvalue weighted by molar-refractivity contribution is -0.0921. The Bertz CT molecular complexity index is 690. The Morgan fingerprint density at radius 3 is 3.12 bits per heavy atom. The normalized spacial score (nSPS) is 27.2. The maximum atomic E-state index is 11.1. The Morgan fingerprint density at radius 1 is 1.32 bits per heavy atom. The second kappa shape index (κ2) is 7.19. The number of nitrogens with one attached hydrogen (secondary N) is 1. The van der Waals surface area contributed by atoms with Gasteiger partial charge in [-0.15, -0.1) is 0 Å². The van der Waals surface area contributed by atoms with Gasteiger partial charge >= 0.3 is 0 Å². The molecule has 25 heavy (non-hydrogen) atoms. The molecule has 0 bridgehead atoms. The number of aromatic nitrogens is 3. The molecule has 7 heteroatoms. The van der Waals surface area contributed by atoms with Gasteiger partial charge in [0.25, 0.3) is 0 Å². The average Bonchev–Trinajstić information content (AvgIpc) is 3.12. The summed E-state index contributed by atoms with van der Waals surface area (Å²) in [7, 11) is 0.